The number of hydrogen-bond acceptors (Lipinski definition) is 4. The summed E-state index contributed by atoms with van der Waals surface area (Å²) in [6.07, 6.45) is 2.94. The molecule has 17 heavy (non-hydrogen) atoms. The number of rotatable bonds is 3. The molecule has 1 unspecified atom stereocenters. The molecule has 3 rings (SSSR count). The van der Waals surface area contributed by atoms with Crippen molar-refractivity contribution in [2.24, 2.45) is 0 Å². The third-order valence-corrected chi connectivity index (χ3v) is 5.30. The minimum atomic E-state index is -0.429. The van der Waals surface area contributed by atoms with Gasteiger partial charge in [-0.1, -0.05) is 0 Å². The summed E-state index contributed by atoms with van der Waals surface area (Å²) in [6, 6.07) is 5.94. The number of hydrogen-bond donors (Lipinski definition) is 1. The van der Waals surface area contributed by atoms with Crippen molar-refractivity contribution in [1.29, 1.82) is 0 Å². The molecule has 0 aromatic carbocycles. The van der Waals surface area contributed by atoms with Crippen LogP contribution >= 0.6 is 23.1 Å². The van der Waals surface area contributed by atoms with Crippen molar-refractivity contribution in [3.8, 4) is 0 Å². The van der Waals surface area contributed by atoms with Crippen LogP contribution in [0.15, 0.2) is 28.9 Å². The number of thioether (sulfide) groups is 1. The Morgan fingerprint density at radius 2 is 2.41 bits per heavy atom. The molecule has 0 aliphatic carbocycles. The second-order valence-electron chi connectivity index (χ2n) is 4.20. The Kier molecular flexibility index (Phi) is 3.27. The Labute approximate surface area is 109 Å². The van der Waals surface area contributed by atoms with Gasteiger partial charge in [0.15, 0.2) is 0 Å². The van der Waals surface area contributed by atoms with Gasteiger partial charge in [0.25, 0.3) is 0 Å². The standard InChI is InChI=1S/C13H14O2S2/c14-11(7-10-2-1-4-15-10)13-6-9-8-16-5-3-12(9)17-13/h1-2,4,6,11,14H,3,5,7-8H2. The third kappa shape index (κ3) is 2.44. The zero-order chi connectivity index (χ0) is 11.7. The molecule has 0 saturated heterocycles. The molecule has 0 fully saturated rings. The molecular weight excluding hydrogens is 252 g/mol. The van der Waals surface area contributed by atoms with Gasteiger partial charge in [-0.05, 0) is 35.9 Å². The first-order valence-electron chi connectivity index (χ1n) is 5.72. The van der Waals surface area contributed by atoms with Crippen LogP contribution in [0.1, 0.15) is 27.2 Å². The second kappa shape index (κ2) is 4.88. The lowest BCUT2D eigenvalue weighted by Crippen LogP contribution is -1.98. The van der Waals surface area contributed by atoms with Gasteiger partial charge < -0.3 is 9.52 Å². The molecule has 1 N–H and O–H groups in total. The number of aryl methyl sites for hydroxylation is 1. The lowest BCUT2D eigenvalue weighted by atomic mass is 10.1. The molecule has 0 bridgehead atoms. The largest absolute Gasteiger partial charge is 0.469 e. The summed E-state index contributed by atoms with van der Waals surface area (Å²) in [4.78, 5) is 2.53. The van der Waals surface area contributed by atoms with E-state index in [0.717, 1.165) is 22.8 Å². The molecule has 0 spiro atoms. The number of furan rings is 1. The zero-order valence-corrected chi connectivity index (χ0v) is 11.0. The first-order valence-corrected chi connectivity index (χ1v) is 7.70. The summed E-state index contributed by atoms with van der Waals surface area (Å²) in [5.74, 6) is 3.15. The SMILES string of the molecule is OC(Cc1ccco1)c1cc2c(s1)CCSC2. The summed E-state index contributed by atoms with van der Waals surface area (Å²) in [5, 5.41) is 10.2. The molecule has 1 atom stereocenters. The second-order valence-corrected chi connectivity index (χ2v) is 6.47. The molecule has 1 aliphatic rings. The number of aliphatic hydroxyl groups excluding tert-OH is 1. The average Bonchev–Trinajstić information content (AvgIpc) is 2.96. The van der Waals surface area contributed by atoms with Gasteiger partial charge in [0, 0.05) is 21.9 Å². The minimum Gasteiger partial charge on any atom is -0.469 e. The predicted molar refractivity (Wildman–Crippen MR) is 71.6 cm³/mol. The van der Waals surface area contributed by atoms with Gasteiger partial charge in [-0.3, -0.25) is 0 Å². The van der Waals surface area contributed by atoms with E-state index in [1.807, 2.05) is 23.9 Å². The van der Waals surface area contributed by atoms with E-state index >= 15 is 0 Å². The van der Waals surface area contributed by atoms with Crippen LogP contribution in [0.2, 0.25) is 0 Å². The van der Waals surface area contributed by atoms with Crippen molar-refractivity contribution in [3.05, 3.63) is 45.5 Å². The first-order chi connectivity index (χ1) is 8.33. The molecule has 0 radical (unpaired) electrons. The van der Waals surface area contributed by atoms with E-state index in [9.17, 15) is 5.11 Å². The van der Waals surface area contributed by atoms with Crippen molar-refractivity contribution in [2.75, 3.05) is 5.75 Å². The van der Waals surface area contributed by atoms with Gasteiger partial charge in [-0.15, -0.1) is 11.3 Å². The van der Waals surface area contributed by atoms with Crippen LogP contribution in [0.25, 0.3) is 0 Å². The van der Waals surface area contributed by atoms with Crippen LogP contribution < -0.4 is 0 Å². The fourth-order valence-corrected chi connectivity index (χ4v) is 4.42. The number of thiophene rings is 1. The maximum atomic E-state index is 10.2. The van der Waals surface area contributed by atoms with Crippen LogP contribution in [0.4, 0.5) is 0 Å². The van der Waals surface area contributed by atoms with Crippen molar-refractivity contribution in [1.82, 2.24) is 0 Å². The summed E-state index contributed by atoms with van der Waals surface area (Å²) >= 11 is 3.73. The highest BCUT2D eigenvalue weighted by Gasteiger charge is 2.18. The first kappa shape index (κ1) is 11.4. The molecule has 2 aromatic rings. The predicted octanol–water partition coefficient (Wildman–Crippen LogP) is 3.41. The zero-order valence-electron chi connectivity index (χ0n) is 9.39. The van der Waals surface area contributed by atoms with E-state index in [1.54, 1.807) is 17.6 Å². The lowest BCUT2D eigenvalue weighted by Gasteiger charge is -2.08. The molecule has 2 nitrogen and oxygen atoms in total. The molecule has 3 heterocycles. The van der Waals surface area contributed by atoms with Crippen LogP contribution in [-0.2, 0) is 18.6 Å². The molecule has 2 aromatic heterocycles. The van der Waals surface area contributed by atoms with Gasteiger partial charge >= 0.3 is 0 Å². The maximum Gasteiger partial charge on any atom is 0.106 e. The fourth-order valence-electron chi connectivity index (χ4n) is 2.05. The number of aliphatic hydroxyl groups is 1. The molecule has 4 heteroatoms. The van der Waals surface area contributed by atoms with Gasteiger partial charge in [0.1, 0.15) is 5.76 Å². The summed E-state index contributed by atoms with van der Waals surface area (Å²) in [6.45, 7) is 0. The normalized spacial score (nSPS) is 16.8. The van der Waals surface area contributed by atoms with E-state index in [4.69, 9.17) is 4.42 Å². The van der Waals surface area contributed by atoms with Crippen molar-refractivity contribution in [2.45, 2.75) is 24.7 Å². The molecule has 90 valence electrons. The monoisotopic (exact) mass is 266 g/mol. The maximum absolute atomic E-state index is 10.2. The number of fused-ring (bicyclic) bond motifs is 1. The average molecular weight is 266 g/mol. The molecule has 1 aliphatic heterocycles. The van der Waals surface area contributed by atoms with E-state index in [1.165, 1.54) is 16.2 Å². The Morgan fingerprint density at radius 3 is 3.18 bits per heavy atom. The van der Waals surface area contributed by atoms with Crippen molar-refractivity contribution >= 4 is 23.1 Å². The Balaban J connectivity index is 1.77. The Hall–Kier alpha value is -0.710. The van der Waals surface area contributed by atoms with Gasteiger partial charge in [0.05, 0.1) is 12.4 Å². The molecule has 0 amide bonds. The third-order valence-electron chi connectivity index (χ3n) is 2.95. The minimum absolute atomic E-state index is 0.429. The van der Waals surface area contributed by atoms with Gasteiger partial charge in [-0.2, -0.15) is 11.8 Å². The van der Waals surface area contributed by atoms with Crippen LogP contribution in [-0.4, -0.2) is 10.9 Å². The fraction of sp³-hybridized carbons (Fsp3) is 0.385. The van der Waals surface area contributed by atoms with Crippen molar-refractivity contribution in [3.63, 3.8) is 0 Å². The summed E-state index contributed by atoms with van der Waals surface area (Å²) in [5.41, 5.74) is 1.42. The summed E-state index contributed by atoms with van der Waals surface area (Å²) in [7, 11) is 0. The van der Waals surface area contributed by atoms with E-state index in [-0.39, 0.29) is 0 Å². The topological polar surface area (TPSA) is 33.4 Å². The smallest absolute Gasteiger partial charge is 0.106 e. The Bertz CT molecular complexity index is 464. The van der Waals surface area contributed by atoms with Crippen LogP contribution in [0.3, 0.4) is 0 Å². The van der Waals surface area contributed by atoms with Gasteiger partial charge in [-0.25, -0.2) is 0 Å². The highest BCUT2D eigenvalue weighted by atomic mass is 32.2. The van der Waals surface area contributed by atoms with Gasteiger partial charge in [0.2, 0.25) is 0 Å². The van der Waals surface area contributed by atoms with E-state index in [2.05, 4.69) is 6.07 Å². The highest BCUT2D eigenvalue weighted by Crippen LogP contribution is 2.35. The van der Waals surface area contributed by atoms with Crippen LogP contribution in [0.5, 0.6) is 0 Å². The van der Waals surface area contributed by atoms with Crippen LogP contribution in [0, 0.1) is 0 Å². The molecule has 0 saturated carbocycles. The summed E-state index contributed by atoms with van der Waals surface area (Å²) < 4.78 is 5.27. The molecular formula is C13H14O2S2. The van der Waals surface area contributed by atoms with E-state index < -0.39 is 6.10 Å². The quantitative estimate of drug-likeness (QED) is 0.924. The van der Waals surface area contributed by atoms with E-state index in [0.29, 0.717) is 6.42 Å². The lowest BCUT2D eigenvalue weighted by molar-refractivity contribution is 0.174. The highest BCUT2D eigenvalue weighted by molar-refractivity contribution is 7.98. The Morgan fingerprint density at radius 1 is 1.47 bits per heavy atom. The van der Waals surface area contributed by atoms with Crippen molar-refractivity contribution < 1.29 is 9.52 Å².